The van der Waals surface area contributed by atoms with Crippen molar-refractivity contribution in [1.82, 2.24) is 14.7 Å². The maximum absolute atomic E-state index is 12.6. The minimum absolute atomic E-state index is 0.359. The van der Waals surface area contributed by atoms with Crippen LogP contribution in [0, 0.1) is 11.3 Å². The first-order valence-electron chi connectivity index (χ1n) is 9.91. The van der Waals surface area contributed by atoms with E-state index in [0.29, 0.717) is 23.3 Å². The highest BCUT2D eigenvalue weighted by molar-refractivity contribution is 5.76. The molecule has 2 aliphatic rings. The Hall–Kier alpha value is -0.610. The van der Waals surface area contributed by atoms with E-state index >= 15 is 0 Å². The van der Waals surface area contributed by atoms with Gasteiger partial charge in [0.25, 0.3) is 0 Å². The van der Waals surface area contributed by atoms with Gasteiger partial charge in [-0.15, -0.1) is 0 Å². The van der Waals surface area contributed by atoms with Gasteiger partial charge in [-0.3, -0.25) is 4.79 Å². The first kappa shape index (κ1) is 19.7. The van der Waals surface area contributed by atoms with Gasteiger partial charge in [-0.05, 0) is 70.1 Å². The van der Waals surface area contributed by atoms with E-state index in [1.807, 2.05) is 11.9 Å². The molecule has 2 saturated heterocycles. The Morgan fingerprint density at radius 3 is 2.42 bits per heavy atom. The number of likely N-dealkylation sites (tertiary alicyclic amines) is 2. The van der Waals surface area contributed by atoms with Crippen LogP contribution in [0.2, 0.25) is 0 Å². The van der Waals surface area contributed by atoms with Gasteiger partial charge in [0.2, 0.25) is 5.91 Å². The zero-order valence-electron chi connectivity index (χ0n) is 16.7. The van der Waals surface area contributed by atoms with Crippen molar-refractivity contribution >= 4 is 5.91 Å². The third-order valence-electron chi connectivity index (χ3n) is 5.70. The van der Waals surface area contributed by atoms with Crippen LogP contribution in [0.3, 0.4) is 0 Å². The highest BCUT2D eigenvalue weighted by atomic mass is 16.2. The molecule has 0 radical (unpaired) electrons. The quantitative estimate of drug-likeness (QED) is 0.771. The molecule has 2 heterocycles. The van der Waals surface area contributed by atoms with Crippen LogP contribution >= 0.6 is 0 Å². The maximum atomic E-state index is 12.6. The van der Waals surface area contributed by atoms with E-state index in [1.54, 1.807) is 0 Å². The van der Waals surface area contributed by atoms with Crippen molar-refractivity contribution in [1.29, 1.82) is 0 Å². The molecule has 4 nitrogen and oxygen atoms in total. The van der Waals surface area contributed by atoms with Crippen molar-refractivity contribution in [3.05, 3.63) is 0 Å². The number of carbonyl (C=O) groups is 1. The van der Waals surface area contributed by atoms with Crippen LogP contribution in [0.4, 0.5) is 0 Å². The summed E-state index contributed by atoms with van der Waals surface area (Å²) < 4.78 is 0. The molecule has 0 unspecified atom stereocenters. The minimum atomic E-state index is 0.359. The first-order chi connectivity index (χ1) is 11.2. The fourth-order valence-corrected chi connectivity index (χ4v) is 4.29. The summed E-state index contributed by atoms with van der Waals surface area (Å²) >= 11 is 0. The van der Waals surface area contributed by atoms with Crippen LogP contribution in [0.5, 0.6) is 0 Å². The van der Waals surface area contributed by atoms with Gasteiger partial charge < -0.3 is 14.7 Å². The van der Waals surface area contributed by atoms with Gasteiger partial charge in [-0.2, -0.15) is 0 Å². The van der Waals surface area contributed by atoms with E-state index in [4.69, 9.17) is 0 Å². The van der Waals surface area contributed by atoms with Gasteiger partial charge in [-0.25, -0.2) is 0 Å². The van der Waals surface area contributed by atoms with Crippen molar-refractivity contribution < 1.29 is 4.79 Å². The molecule has 2 rings (SSSR count). The molecule has 0 aromatic heterocycles. The third kappa shape index (κ3) is 6.36. The van der Waals surface area contributed by atoms with Gasteiger partial charge in [0.1, 0.15) is 0 Å². The lowest BCUT2D eigenvalue weighted by Gasteiger charge is -2.37. The molecule has 0 bridgehead atoms. The summed E-state index contributed by atoms with van der Waals surface area (Å²) in [6.45, 7) is 12.8. The van der Waals surface area contributed by atoms with Crippen molar-refractivity contribution in [2.45, 2.75) is 65.3 Å². The number of piperidine rings is 2. The predicted octanol–water partition coefficient (Wildman–Crippen LogP) is 3.08. The lowest BCUT2D eigenvalue weighted by Crippen LogP contribution is -2.44. The van der Waals surface area contributed by atoms with Crippen LogP contribution in [0.1, 0.15) is 59.3 Å². The van der Waals surface area contributed by atoms with Crippen LogP contribution in [0.25, 0.3) is 0 Å². The summed E-state index contributed by atoms with van der Waals surface area (Å²) in [5.74, 6) is 1.06. The second-order valence-corrected chi connectivity index (χ2v) is 9.38. The molecule has 0 spiro atoms. The lowest BCUT2D eigenvalue weighted by atomic mass is 9.90. The van der Waals surface area contributed by atoms with E-state index in [1.165, 1.54) is 32.5 Å². The van der Waals surface area contributed by atoms with Gasteiger partial charge in [0.05, 0.1) is 0 Å². The standard InChI is InChI=1S/C20H39N3O/c1-20(2,3)16-23-12-6-7-17(15-23)8-9-19(24)22(5)18-10-13-21(4)14-11-18/h17-18H,6-16H2,1-5H3/t17-/m1/s1. The molecular weight excluding hydrogens is 298 g/mol. The highest BCUT2D eigenvalue weighted by Crippen LogP contribution is 2.25. The zero-order chi connectivity index (χ0) is 17.7. The molecule has 1 amide bonds. The van der Waals surface area contributed by atoms with Crippen molar-refractivity contribution in [2.24, 2.45) is 11.3 Å². The molecule has 0 aromatic rings. The number of carbonyl (C=O) groups excluding carboxylic acids is 1. The Bertz CT molecular complexity index is 396. The van der Waals surface area contributed by atoms with Crippen molar-refractivity contribution in [3.8, 4) is 0 Å². The number of rotatable bonds is 5. The SMILES string of the molecule is CN1CCC(N(C)C(=O)CC[C@H]2CCCN(CC(C)(C)C)C2)CC1. The monoisotopic (exact) mass is 337 g/mol. The minimum Gasteiger partial charge on any atom is -0.343 e. The Morgan fingerprint density at radius 2 is 1.79 bits per heavy atom. The van der Waals surface area contributed by atoms with Gasteiger partial charge in [-0.1, -0.05) is 20.8 Å². The number of amides is 1. The number of hydrogen-bond donors (Lipinski definition) is 0. The highest BCUT2D eigenvalue weighted by Gasteiger charge is 2.26. The lowest BCUT2D eigenvalue weighted by molar-refractivity contribution is -0.133. The van der Waals surface area contributed by atoms with Gasteiger partial charge in [0.15, 0.2) is 0 Å². The number of hydrogen-bond acceptors (Lipinski definition) is 3. The Morgan fingerprint density at radius 1 is 1.12 bits per heavy atom. The molecule has 4 heteroatoms. The Kier molecular flexibility index (Phi) is 7.11. The van der Waals surface area contributed by atoms with Crippen LogP contribution in [0.15, 0.2) is 0 Å². The van der Waals surface area contributed by atoms with E-state index in [2.05, 4.69) is 37.6 Å². The Labute approximate surface area is 149 Å². The summed E-state index contributed by atoms with van der Waals surface area (Å²) in [6, 6.07) is 0.456. The fourth-order valence-electron chi connectivity index (χ4n) is 4.29. The molecule has 24 heavy (non-hydrogen) atoms. The van der Waals surface area contributed by atoms with E-state index < -0.39 is 0 Å². The van der Waals surface area contributed by atoms with Crippen molar-refractivity contribution in [3.63, 3.8) is 0 Å². The molecule has 0 aromatic carbocycles. The van der Waals surface area contributed by atoms with E-state index in [0.717, 1.165) is 38.8 Å². The normalized spacial score (nSPS) is 25.0. The van der Waals surface area contributed by atoms with Gasteiger partial charge >= 0.3 is 0 Å². The fraction of sp³-hybridized carbons (Fsp3) is 0.950. The largest absolute Gasteiger partial charge is 0.343 e. The zero-order valence-corrected chi connectivity index (χ0v) is 16.7. The average molecular weight is 338 g/mol. The third-order valence-corrected chi connectivity index (χ3v) is 5.70. The predicted molar refractivity (Wildman–Crippen MR) is 101 cm³/mol. The maximum Gasteiger partial charge on any atom is 0.222 e. The molecule has 2 fully saturated rings. The number of nitrogens with zero attached hydrogens (tertiary/aromatic N) is 3. The Balaban J connectivity index is 1.72. The second-order valence-electron chi connectivity index (χ2n) is 9.38. The molecule has 0 saturated carbocycles. The summed E-state index contributed by atoms with van der Waals surface area (Å²) in [6.07, 6.45) is 6.64. The average Bonchev–Trinajstić information content (AvgIpc) is 2.51. The van der Waals surface area contributed by atoms with E-state index in [9.17, 15) is 4.79 Å². The van der Waals surface area contributed by atoms with Gasteiger partial charge in [0, 0.05) is 32.6 Å². The van der Waals surface area contributed by atoms with Crippen LogP contribution < -0.4 is 0 Å². The summed E-state index contributed by atoms with van der Waals surface area (Å²) in [7, 11) is 4.19. The molecule has 2 aliphatic heterocycles. The molecule has 1 atom stereocenters. The first-order valence-corrected chi connectivity index (χ1v) is 9.91. The van der Waals surface area contributed by atoms with Crippen LogP contribution in [-0.2, 0) is 4.79 Å². The topological polar surface area (TPSA) is 26.8 Å². The summed E-state index contributed by atoms with van der Waals surface area (Å²) in [5, 5.41) is 0. The summed E-state index contributed by atoms with van der Waals surface area (Å²) in [4.78, 5) is 19.6. The van der Waals surface area contributed by atoms with Crippen molar-refractivity contribution in [2.75, 3.05) is 46.8 Å². The smallest absolute Gasteiger partial charge is 0.222 e. The van der Waals surface area contributed by atoms with Crippen LogP contribution in [-0.4, -0.2) is 73.5 Å². The summed E-state index contributed by atoms with van der Waals surface area (Å²) in [5.41, 5.74) is 0.367. The molecule has 0 aliphatic carbocycles. The second kappa shape index (κ2) is 8.66. The molecule has 0 N–H and O–H groups in total. The molecular formula is C20H39N3O. The molecule has 140 valence electrons. The van der Waals surface area contributed by atoms with E-state index in [-0.39, 0.29) is 0 Å².